The molecule has 0 unspecified atom stereocenters. The van der Waals surface area contributed by atoms with Crippen LogP contribution in [0.5, 0.6) is 11.5 Å². The smallest absolute Gasteiger partial charge is 0.416 e. The number of amides is 1. The minimum atomic E-state index is -4.54. The van der Waals surface area contributed by atoms with Crippen molar-refractivity contribution in [3.05, 3.63) is 59.2 Å². The fourth-order valence-electron chi connectivity index (χ4n) is 2.32. The molecule has 0 aliphatic rings. The van der Waals surface area contributed by atoms with Crippen molar-refractivity contribution >= 4 is 17.7 Å². The SMILES string of the molecule is CCOc1cc(OC)ccc1/C=C(\C#N)C(=O)Nc1cccc(C(F)(F)F)c1. The first-order valence-corrected chi connectivity index (χ1v) is 8.19. The fraction of sp³-hybridized carbons (Fsp3) is 0.200. The van der Waals surface area contributed by atoms with Crippen LogP contribution in [0.1, 0.15) is 18.1 Å². The van der Waals surface area contributed by atoms with E-state index in [2.05, 4.69) is 5.32 Å². The van der Waals surface area contributed by atoms with Crippen molar-refractivity contribution in [1.82, 2.24) is 0 Å². The molecule has 0 spiro atoms. The van der Waals surface area contributed by atoms with Crippen molar-refractivity contribution in [2.24, 2.45) is 0 Å². The molecule has 0 atom stereocenters. The van der Waals surface area contributed by atoms with Gasteiger partial charge in [0.2, 0.25) is 0 Å². The molecule has 0 saturated heterocycles. The zero-order chi connectivity index (χ0) is 20.7. The van der Waals surface area contributed by atoms with Gasteiger partial charge in [0, 0.05) is 17.3 Å². The first-order chi connectivity index (χ1) is 13.3. The van der Waals surface area contributed by atoms with Gasteiger partial charge < -0.3 is 14.8 Å². The Hall–Kier alpha value is -3.47. The second-order valence-electron chi connectivity index (χ2n) is 5.54. The van der Waals surface area contributed by atoms with Gasteiger partial charge in [-0.3, -0.25) is 4.79 Å². The van der Waals surface area contributed by atoms with Gasteiger partial charge in [-0.25, -0.2) is 0 Å². The molecule has 28 heavy (non-hydrogen) atoms. The highest BCUT2D eigenvalue weighted by molar-refractivity contribution is 6.09. The van der Waals surface area contributed by atoms with Crippen molar-refractivity contribution in [2.75, 3.05) is 19.0 Å². The van der Waals surface area contributed by atoms with Gasteiger partial charge in [0.25, 0.3) is 5.91 Å². The van der Waals surface area contributed by atoms with Gasteiger partial charge in [0.1, 0.15) is 23.1 Å². The fourth-order valence-corrected chi connectivity index (χ4v) is 2.32. The van der Waals surface area contributed by atoms with E-state index >= 15 is 0 Å². The lowest BCUT2D eigenvalue weighted by molar-refractivity contribution is -0.137. The molecule has 0 aliphatic carbocycles. The van der Waals surface area contributed by atoms with E-state index in [1.807, 2.05) is 0 Å². The summed E-state index contributed by atoms with van der Waals surface area (Å²) in [7, 11) is 1.49. The Morgan fingerprint density at radius 1 is 1.25 bits per heavy atom. The third kappa shape index (κ3) is 5.27. The van der Waals surface area contributed by atoms with E-state index < -0.39 is 17.6 Å². The first kappa shape index (κ1) is 20.8. The molecule has 2 rings (SSSR count). The highest BCUT2D eigenvalue weighted by Gasteiger charge is 2.30. The number of nitriles is 1. The largest absolute Gasteiger partial charge is 0.497 e. The molecule has 0 radical (unpaired) electrons. The molecule has 2 aromatic rings. The molecule has 0 aromatic heterocycles. The second-order valence-corrected chi connectivity index (χ2v) is 5.54. The van der Waals surface area contributed by atoms with Gasteiger partial charge >= 0.3 is 6.18 Å². The molecule has 2 aromatic carbocycles. The highest BCUT2D eigenvalue weighted by atomic mass is 19.4. The van der Waals surface area contributed by atoms with Crippen molar-refractivity contribution in [2.45, 2.75) is 13.1 Å². The maximum absolute atomic E-state index is 12.8. The van der Waals surface area contributed by atoms with Gasteiger partial charge in [-0.05, 0) is 43.3 Å². The number of halogens is 3. The first-order valence-electron chi connectivity index (χ1n) is 8.19. The van der Waals surface area contributed by atoms with Crippen LogP contribution in [-0.2, 0) is 11.0 Å². The van der Waals surface area contributed by atoms with Crippen molar-refractivity contribution in [1.29, 1.82) is 5.26 Å². The number of carbonyl (C=O) groups excluding carboxylic acids is 1. The molecular formula is C20H17F3N2O3. The molecule has 0 heterocycles. The van der Waals surface area contributed by atoms with Crippen LogP contribution in [0.4, 0.5) is 18.9 Å². The Labute approximate surface area is 160 Å². The lowest BCUT2D eigenvalue weighted by atomic mass is 10.1. The highest BCUT2D eigenvalue weighted by Crippen LogP contribution is 2.31. The topological polar surface area (TPSA) is 71.3 Å². The summed E-state index contributed by atoms with van der Waals surface area (Å²) in [6.45, 7) is 2.13. The number of alkyl halides is 3. The normalized spacial score (nSPS) is 11.5. The lowest BCUT2D eigenvalue weighted by Gasteiger charge is -2.11. The van der Waals surface area contributed by atoms with Crippen LogP contribution < -0.4 is 14.8 Å². The van der Waals surface area contributed by atoms with Crippen LogP contribution in [0.25, 0.3) is 6.08 Å². The molecule has 1 amide bonds. The summed E-state index contributed by atoms with van der Waals surface area (Å²) in [4.78, 5) is 12.4. The van der Waals surface area contributed by atoms with Crippen LogP contribution in [0.3, 0.4) is 0 Å². The van der Waals surface area contributed by atoms with Crippen LogP contribution in [0.2, 0.25) is 0 Å². The number of carbonyl (C=O) groups is 1. The minimum absolute atomic E-state index is 0.0688. The number of anilines is 1. The minimum Gasteiger partial charge on any atom is -0.497 e. The van der Waals surface area contributed by atoms with Crippen molar-refractivity contribution in [3.63, 3.8) is 0 Å². The molecule has 8 heteroatoms. The molecule has 0 fully saturated rings. The second kappa shape index (κ2) is 8.95. The number of benzene rings is 2. The number of ether oxygens (including phenoxy) is 2. The van der Waals surface area contributed by atoms with E-state index in [-0.39, 0.29) is 11.3 Å². The molecule has 0 aliphatic heterocycles. The summed E-state index contributed by atoms with van der Waals surface area (Å²) in [5.74, 6) is 0.106. The number of hydrogen-bond acceptors (Lipinski definition) is 4. The lowest BCUT2D eigenvalue weighted by Crippen LogP contribution is -2.14. The van der Waals surface area contributed by atoms with Crippen LogP contribution >= 0.6 is 0 Å². The average molecular weight is 390 g/mol. The quantitative estimate of drug-likeness (QED) is 0.575. The van der Waals surface area contributed by atoms with Crippen LogP contribution in [0.15, 0.2) is 48.0 Å². The zero-order valence-corrected chi connectivity index (χ0v) is 15.1. The molecule has 0 saturated carbocycles. The molecule has 0 bridgehead atoms. The predicted molar refractivity (Wildman–Crippen MR) is 97.8 cm³/mol. The van der Waals surface area contributed by atoms with Crippen LogP contribution in [0, 0.1) is 11.3 Å². The van der Waals surface area contributed by atoms with E-state index in [1.165, 1.54) is 25.3 Å². The summed E-state index contributed by atoms with van der Waals surface area (Å²) in [5.41, 5.74) is -0.802. The zero-order valence-electron chi connectivity index (χ0n) is 15.1. The molecule has 1 N–H and O–H groups in total. The van der Waals surface area contributed by atoms with Crippen molar-refractivity contribution < 1.29 is 27.4 Å². The number of nitrogens with one attached hydrogen (secondary N) is 1. The van der Waals surface area contributed by atoms with Gasteiger partial charge in [-0.15, -0.1) is 0 Å². The van der Waals surface area contributed by atoms with Crippen molar-refractivity contribution in [3.8, 4) is 17.6 Å². The third-order valence-corrected chi connectivity index (χ3v) is 3.63. The van der Waals surface area contributed by atoms with Gasteiger partial charge in [-0.2, -0.15) is 18.4 Å². The van der Waals surface area contributed by atoms with E-state index in [4.69, 9.17) is 9.47 Å². The summed E-state index contributed by atoms with van der Waals surface area (Å²) in [5, 5.41) is 11.6. The molecule has 5 nitrogen and oxygen atoms in total. The third-order valence-electron chi connectivity index (χ3n) is 3.63. The Balaban J connectivity index is 2.31. The molecular weight excluding hydrogens is 373 g/mol. The number of nitrogens with zero attached hydrogens (tertiary/aromatic N) is 1. The predicted octanol–water partition coefficient (Wildman–Crippen LogP) is 4.66. The van der Waals surface area contributed by atoms with Crippen LogP contribution in [-0.4, -0.2) is 19.6 Å². The van der Waals surface area contributed by atoms with Gasteiger partial charge in [-0.1, -0.05) is 6.07 Å². The maximum atomic E-state index is 12.8. The van der Waals surface area contributed by atoms with E-state index in [0.717, 1.165) is 12.1 Å². The summed E-state index contributed by atoms with van der Waals surface area (Å²) in [6.07, 6.45) is -3.24. The number of hydrogen-bond donors (Lipinski definition) is 1. The monoisotopic (exact) mass is 390 g/mol. The van der Waals surface area contributed by atoms with E-state index in [0.29, 0.717) is 23.7 Å². The number of methoxy groups -OCH3 is 1. The van der Waals surface area contributed by atoms with E-state index in [1.54, 1.807) is 31.2 Å². The summed E-state index contributed by atoms with van der Waals surface area (Å²) in [6, 6.07) is 10.8. The summed E-state index contributed by atoms with van der Waals surface area (Å²) < 4.78 is 49.0. The Morgan fingerprint density at radius 2 is 2.00 bits per heavy atom. The molecule has 146 valence electrons. The Bertz CT molecular complexity index is 931. The van der Waals surface area contributed by atoms with E-state index in [9.17, 15) is 23.2 Å². The maximum Gasteiger partial charge on any atom is 0.416 e. The summed E-state index contributed by atoms with van der Waals surface area (Å²) >= 11 is 0. The Kier molecular flexibility index (Phi) is 6.66. The number of rotatable bonds is 6. The standard InChI is InChI=1S/C20H17F3N2O3/c1-3-28-18-11-17(27-2)8-7-13(18)9-14(12-24)19(26)25-16-6-4-5-15(10-16)20(21,22)23/h4-11H,3H2,1-2H3,(H,25,26)/b14-9+. The average Bonchev–Trinajstić information content (AvgIpc) is 2.66. The van der Waals surface area contributed by atoms with Gasteiger partial charge in [0.15, 0.2) is 0 Å². The van der Waals surface area contributed by atoms with Gasteiger partial charge in [0.05, 0.1) is 19.3 Å². The Morgan fingerprint density at radius 3 is 2.61 bits per heavy atom.